The van der Waals surface area contributed by atoms with E-state index in [2.05, 4.69) is 22.5 Å². The number of guanidine groups is 1. The largest absolute Gasteiger partial charge is 0.393 e. The molecule has 0 atom stereocenters. The number of ether oxygens (including phenoxy) is 1. The Kier molecular flexibility index (Phi) is 7.30. The highest BCUT2D eigenvalue weighted by molar-refractivity contribution is 5.80. The molecule has 0 heterocycles. The maximum atomic E-state index is 9.54. The third-order valence-electron chi connectivity index (χ3n) is 4.15. The van der Waals surface area contributed by atoms with E-state index in [-0.39, 0.29) is 6.10 Å². The first kappa shape index (κ1) is 16.6. The smallest absolute Gasteiger partial charge is 0.191 e. The molecule has 0 spiro atoms. The molecule has 0 aromatic carbocycles. The molecule has 0 amide bonds. The molecule has 2 aliphatic rings. The minimum Gasteiger partial charge on any atom is -0.393 e. The number of nitrogens with one attached hydrogen (secondary N) is 2. The molecule has 3 N–H and O–H groups in total. The Morgan fingerprint density at radius 3 is 2.62 bits per heavy atom. The van der Waals surface area contributed by atoms with E-state index >= 15 is 0 Å². The van der Waals surface area contributed by atoms with Gasteiger partial charge < -0.3 is 20.5 Å². The van der Waals surface area contributed by atoms with Crippen molar-refractivity contribution in [3.8, 4) is 0 Å². The van der Waals surface area contributed by atoms with Crippen molar-refractivity contribution in [3.63, 3.8) is 0 Å². The highest BCUT2D eigenvalue weighted by Crippen LogP contribution is 2.28. The normalized spacial score (nSPS) is 26.7. The second kappa shape index (κ2) is 9.26. The number of aliphatic imine (C=N–C) groups is 1. The maximum absolute atomic E-state index is 9.54. The molecule has 5 nitrogen and oxygen atoms in total. The average Bonchev–Trinajstić information content (AvgIpc) is 3.29. The molecule has 2 aliphatic carbocycles. The van der Waals surface area contributed by atoms with E-state index < -0.39 is 0 Å². The molecule has 0 bridgehead atoms. The summed E-state index contributed by atoms with van der Waals surface area (Å²) in [5, 5.41) is 16.3. The fourth-order valence-electron chi connectivity index (χ4n) is 2.63. The average molecular weight is 297 g/mol. The van der Waals surface area contributed by atoms with Crippen LogP contribution in [0.25, 0.3) is 0 Å². The summed E-state index contributed by atoms with van der Waals surface area (Å²) in [5.41, 5.74) is 0. The predicted molar refractivity (Wildman–Crippen MR) is 85.5 cm³/mol. The lowest BCUT2D eigenvalue weighted by Crippen LogP contribution is -2.45. The summed E-state index contributed by atoms with van der Waals surface area (Å²) in [6, 6.07) is 0.442. The lowest BCUT2D eigenvalue weighted by molar-refractivity contribution is 0.120. The van der Waals surface area contributed by atoms with Crippen LogP contribution in [-0.2, 0) is 4.74 Å². The number of aliphatic hydroxyl groups is 1. The van der Waals surface area contributed by atoms with Gasteiger partial charge in [-0.3, -0.25) is 4.99 Å². The van der Waals surface area contributed by atoms with Crippen molar-refractivity contribution in [2.75, 3.05) is 26.3 Å². The van der Waals surface area contributed by atoms with Gasteiger partial charge in [0.2, 0.25) is 0 Å². The third kappa shape index (κ3) is 7.14. The maximum Gasteiger partial charge on any atom is 0.191 e. The fraction of sp³-hybridized carbons (Fsp3) is 0.938. The first-order valence-corrected chi connectivity index (χ1v) is 8.58. The molecule has 0 unspecified atom stereocenters. The standard InChI is InChI=1S/C16H31N3O2/c1-2-17-16(19-14-6-8-15(20)9-7-14)18-10-3-11-21-12-13-4-5-13/h13-15,20H,2-12H2,1H3,(H2,17,18,19). The van der Waals surface area contributed by atoms with Gasteiger partial charge in [0.15, 0.2) is 5.96 Å². The van der Waals surface area contributed by atoms with Crippen LogP contribution in [0, 0.1) is 5.92 Å². The van der Waals surface area contributed by atoms with Crippen LogP contribution < -0.4 is 10.6 Å². The number of hydrogen-bond acceptors (Lipinski definition) is 3. The van der Waals surface area contributed by atoms with Gasteiger partial charge in [0.25, 0.3) is 0 Å². The summed E-state index contributed by atoms with van der Waals surface area (Å²) >= 11 is 0. The van der Waals surface area contributed by atoms with Crippen LogP contribution in [0.5, 0.6) is 0 Å². The monoisotopic (exact) mass is 297 g/mol. The molecular formula is C16H31N3O2. The molecule has 2 fully saturated rings. The fourth-order valence-corrected chi connectivity index (χ4v) is 2.63. The van der Waals surface area contributed by atoms with Gasteiger partial charge in [-0.2, -0.15) is 0 Å². The van der Waals surface area contributed by atoms with E-state index in [1.54, 1.807) is 0 Å². The van der Waals surface area contributed by atoms with Crippen molar-refractivity contribution in [3.05, 3.63) is 0 Å². The SMILES string of the molecule is CCNC(=NCCCOCC1CC1)NC1CCC(O)CC1. The topological polar surface area (TPSA) is 65.9 Å². The van der Waals surface area contributed by atoms with Crippen molar-refractivity contribution in [1.82, 2.24) is 10.6 Å². The number of aliphatic hydroxyl groups excluding tert-OH is 1. The Bertz CT molecular complexity index is 311. The Hall–Kier alpha value is -0.810. The van der Waals surface area contributed by atoms with Gasteiger partial charge in [0.1, 0.15) is 0 Å². The first-order chi connectivity index (χ1) is 10.3. The molecule has 0 aliphatic heterocycles. The molecule has 0 aromatic rings. The Balaban J connectivity index is 1.60. The van der Waals surface area contributed by atoms with Gasteiger partial charge in [-0.1, -0.05) is 0 Å². The summed E-state index contributed by atoms with van der Waals surface area (Å²) in [7, 11) is 0. The molecular weight excluding hydrogens is 266 g/mol. The van der Waals surface area contributed by atoms with E-state index in [1.807, 2.05) is 0 Å². The van der Waals surface area contributed by atoms with Gasteiger partial charge in [0.05, 0.1) is 6.10 Å². The zero-order chi connectivity index (χ0) is 14.9. The van der Waals surface area contributed by atoms with Crippen molar-refractivity contribution >= 4 is 5.96 Å². The molecule has 2 rings (SSSR count). The zero-order valence-electron chi connectivity index (χ0n) is 13.3. The molecule has 5 heteroatoms. The van der Waals surface area contributed by atoms with Crippen LogP contribution in [-0.4, -0.2) is 49.5 Å². The van der Waals surface area contributed by atoms with Gasteiger partial charge in [-0.25, -0.2) is 0 Å². The predicted octanol–water partition coefficient (Wildman–Crippen LogP) is 1.66. The minimum absolute atomic E-state index is 0.105. The summed E-state index contributed by atoms with van der Waals surface area (Å²) < 4.78 is 5.62. The van der Waals surface area contributed by atoms with Crippen molar-refractivity contribution in [2.45, 2.75) is 64.0 Å². The Morgan fingerprint density at radius 2 is 1.95 bits per heavy atom. The zero-order valence-corrected chi connectivity index (χ0v) is 13.3. The van der Waals surface area contributed by atoms with Gasteiger partial charge in [-0.05, 0) is 57.8 Å². The van der Waals surface area contributed by atoms with Crippen molar-refractivity contribution < 1.29 is 9.84 Å². The summed E-state index contributed by atoms with van der Waals surface area (Å²) in [6.45, 7) is 5.51. The van der Waals surface area contributed by atoms with Gasteiger partial charge >= 0.3 is 0 Å². The minimum atomic E-state index is -0.105. The first-order valence-electron chi connectivity index (χ1n) is 8.58. The van der Waals surface area contributed by atoms with Gasteiger partial charge in [0, 0.05) is 32.3 Å². The van der Waals surface area contributed by atoms with Crippen LogP contribution in [0.4, 0.5) is 0 Å². The van der Waals surface area contributed by atoms with Crippen LogP contribution in [0.2, 0.25) is 0 Å². The number of hydrogen-bond donors (Lipinski definition) is 3. The van der Waals surface area contributed by atoms with Crippen molar-refractivity contribution in [1.29, 1.82) is 0 Å². The molecule has 0 aromatic heterocycles. The van der Waals surface area contributed by atoms with E-state index in [4.69, 9.17) is 4.74 Å². The lowest BCUT2D eigenvalue weighted by Gasteiger charge is -2.27. The van der Waals surface area contributed by atoms with Crippen LogP contribution in [0.15, 0.2) is 4.99 Å². The second-order valence-electron chi connectivity index (χ2n) is 6.28. The van der Waals surface area contributed by atoms with E-state index in [1.165, 1.54) is 12.8 Å². The molecule has 0 saturated heterocycles. The number of nitrogens with zero attached hydrogens (tertiary/aromatic N) is 1. The Morgan fingerprint density at radius 1 is 1.19 bits per heavy atom. The summed E-state index contributed by atoms with van der Waals surface area (Å²) in [6.07, 6.45) is 7.41. The molecule has 0 radical (unpaired) electrons. The molecule has 21 heavy (non-hydrogen) atoms. The second-order valence-corrected chi connectivity index (χ2v) is 6.28. The number of rotatable bonds is 8. The van der Waals surface area contributed by atoms with Crippen LogP contribution in [0.1, 0.15) is 51.9 Å². The van der Waals surface area contributed by atoms with Crippen molar-refractivity contribution in [2.24, 2.45) is 10.9 Å². The molecule has 2 saturated carbocycles. The highest BCUT2D eigenvalue weighted by atomic mass is 16.5. The quantitative estimate of drug-likeness (QED) is 0.362. The van der Waals surface area contributed by atoms with E-state index in [9.17, 15) is 5.11 Å². The summed E-state index contributed by atoms with van der Waals surface area (Å²) in [4.78, 5) is 4.61. The van der Waals surface area contributed by atoms with Gasteiger partial charge in [-0.15, -0.1) is 0 Å². The highest BCUT2D eigenvalue weighted by Gasteiger charge is 2.21. The van der Waals surface area contributed by atoms with E-state index in [0.29, 0.717) is 6.04 Å². The molecule has 122 valence electrons. The Labute approximate surface area is 128 Å². The third-order valence-corrected chi connectivity index (χ3v) is 4.15. The summed E-state index contributed by atoms with van der Waals surface area (Å²) in [5.74, 6) is 1.75. The lowest BCUT2D eigenvalue weighted by atomic mass is 9.93. The van der Waals surface area contributed by atoms with E-state index in [0.717, 1.165) is 70.3 Å². The van der Waals surface area contributed by atoms with Crippen LogP contribution in [0.3, 0.4) is 0 Å². The van der Waals surface area contributed by atoms with Crippen LogP contribution >= 0.6 is 0 Å².